The van der Waals surface area contributed by atoms with Crippen LogP contribution in [0.3, 0.4) is 0 Å². The molecule has 0 bridgehead atoms. The Morgan fingerprint density at radius 2 is 2.12 bits per heavy atom. The highest BCUT2D eigenvalue weighted by molar-refractivity contribution is 6.34. The average molecular weight is 362 g/mol. The fourth-order valence-electron chi connectivity index (χ4n) is 3.27. The van der Waals surface area contributed by atoms with Crippen LogP contribution in [0.25, 0.3) is 21.9 Å². The average Bonchev–Trinajstić information content (AvgIpc) is 3.06. The van der Waals surface area contributed by atoms with Gasteiger partial charge < -0.3 is 14.4 Å². The molecule has 0 saturated carbocycles. The maximum atomic E-state index is 14.6. The zero-order chi connectivity index (χ0) is 17.7. The maximum absolute atomic E-state index is 14.6. The van der Waals surface area contributed by atoms with Crippen molar-refractivity contribution < 1.29 is 18.7 Å². The van der Waals surface area contributed by atoms with Crippen LogP contribution in [0.4, 0.5) is 10.1 Å². The molecule has 1 aliphatic rings. The zero-order valence-electron chi connectivity index (χ0n) is 13.0. The molecule has 25 heavy (non-hydrogen) atoms. The molecule has 1 unspecified atom stereocenters. The van der Waals surface area contributed by atoms with E-state index in [1.807, 2.05) is 0 Å². The molecule has 1 fully saturated rings. The summed E-state index contributed by atoms with van der Waals surface area (Å²) in [4.78, 5) is 25.4. The molecule has 3 aromatic rings. The Balaban J connectivity index is 1.90. The molecule has 0 radical (unpaired) electrons. The van der Waals surface area contributed by atoms with Crippen molar-refractivity contribution in [3.05, 3.63) is 51.4 Å². The molecule has 1 N–H and O–H groups in total. The molecule has 5 nitrogen and oxygen atoms in total. The monoisotopic (exact) mass is 361 g/mol. The molecule has 0 spiro atoms. The van der Waals surface area contributed by atoms with Crippen LogP contribution < -0.4 is 10.3 Å². The van der Waals surface area contributed by atoms with Gasteiger partial charge in [-0.2, -0.15) is 0 Å². The van der Waals surface area contributed by atoms with Gasteiger partial charge in [-0.3, -0.25) is 9.59 Å². The van der Waals surface area contributed by atoms with Gasteiger partial charge in [-0.05, 0) is 24.6 Å². The smallest absolute Gasteiger partial charge is 0.308 e. The summed E-state index contributed by atoms with van der Waals surface area (Å²) in [7, 11) is 0. The molecule has 128 valence electrons. The Hall–Kier alpha value is -2.60. The number of benzene rings is 2. The Morgan fingerprint density at radius 3 is 2.84 bits per heavy atom. The summed E-state index contributed by atoms with van der Waals surface area (Å²) in [6.07, 6.45) is 0.445. The van der Waals surface area contributed by atoms with Gasteiger partial charge in [0.05, 0.1) is 27.4 Å². The molecule has 1 aliphatic heterocycles. The summed E-state index contributed by atoms with van der Waals surface area (Å²) in [6, 6.07) is 7.41. The van der Waals surface area contributed by atoms with Gasteiger partial charge in [-0.25, -0.2) is 4.39 Å². The van der Waals surface area contributed by atoms with Crippen LogP contribution >= 0.6 is 11.6 Å². The van der Waals surface area contributed by atoms with Crippen molar-refractivity contribution in [3.8, 4) is 0 Å². The van der Waals surface area contributed by atoms with E-state index >= 15 is 0 Å². The third-order valence-corrected chi connectivity index (χ3v) is 4.89. The largest absolute Gasteiger partial charge is 0.481 e. The van der Waals surface area contributed by atoms with E-state index in [1.54, 1.807) is 23.1 Å². The van der Waals surface area contributed by atoms with Gasteiger partial charge in [-0.1, -0.05) is 17.7 Å². The first-order valence-electron chi connectivity index (χ1n) is 7.78. The minimum absolute atomic E-state index is 0.130. The molecule has 2 aromatic carbocycles. The topological polar surface area (TPSA) is 70.8 Å². The Bertz CT molecular complexity index is 1080. The molecule has 4 rings (SSSR count). The number of para-hydroxylation sites is 1. The highest BCUT2D eigenvalue weighted by Gasteiger charge is 2.30. The number of aliphatic carboxylic acids is 1. The summed E-state index contributed by atoms with van der Waals surface area (Å²) in [6.45, 7) is 0.647. The van der Waals surface area contributed by atoms with E-state index in [-0.39, 0.29) is 34.2 Å². The number of rotatable bonds is 2. The lowest BCUT2D eigenvalue weighted by atomic mass is 10.1. The fraction of sp³-hybridized carbons (Fsp3) is 0.222. The van der Waals surface area contributed by atoms with Gasteiger partial charge >= 0.3 is 5.97 Å². The SMILES string of the molecule is O=C(O)C1CCN(c2cc3oc4c(Cl)cccc4c(=O)c3cc2F)C1. The van der Waals surface area contributed by atoms with E-state index in [1.165, 1.54) is 6.07 Å². The second kappa shape index (κ2) is 5.74. The number of fused-ring (bicyclic) bond motifs is 2. The molecule has 0 aliphatic carbocycles. The van der Waals surface area contributed by atoms with Crippen LogP contribution in [0.2, 0.25) is 5.02 Å². The highest BCUT2D eigenvalue weighted by Crippen LogP contribution is 2.32. The van der Waals surface area contributed by atoms with Crippen LogP contribution in [0, 0.1) is 11.7 Å². The van der Waals surface area contributed by atoms with Gasteiger partial charge in [0.2, 0.25) is 5.43 Å². The predicted molar refractivity (Wildman–Crippen MR) is 92.9 cm³/mol. The van der Waals surface area contributed by atoms with Gasteiger partial charge in [-0.15, -0.1) is 0 Å². The summed E-state index contributed by atoms with van der Waals surface area (Å²) in [5.41, 5.74) is 0.352. The second-order valence-corrected chi connectivity index (χ2v) is 6.52. The van der Waals surface area contributed by atoms with Gasteiger partial charge in [0, 0.05) is 19.2 Å². The van der Waals surface area contributed by atoms with Crippen molar-refractivity contribution in [1.82, 2.24) is 0 Å². The van der Waals surface area contributed by atoms with Crippen molar-refractivity contribution in [2.75, 3.05) is 18.0 Å². The van der Waals surface area contributed by atoms with Gasteiger partial charge in [0.15, 0.2) is 5.58 Å². The van der Waals surface area contributed by atoms with Crippen LogP contribution in [-0.2, 0) is 4.79 Å². The first kappa shape index (κ1) is 15.9. The molecule has 1 saturated heterocycles. The Labute approximate surface area is 146 Å². The van der Waals surface area contributed by atoms with Crippen molar-refractivity contribution in [2.45, 2.75) is 6.42 Å². The number of carbonyl (C=O) groups is 1. The summed E-state index contributed by atoms with van der Waals surface area (Å²) in [5.74, 6) is -2.01. The van der Waals surface area contributed by atoms with E-state index in [0.29, 0.717) is 23.4 Å². The lowest BCUT2D eigenvalue weighted by Gasteiger charge is -2.19. The zero-order valence-corrected chi connectivity index (χ0v) is 13.7. The molecule has 2 heterocycles. The van der Waals surface area contributed by atoms with Gasteiger partial charge in [0.25, 0.3) is 0 Å². The minimum atomic E-state index is -0.895. The third kappa shape index (κ3) is 2.53. The maximum Gasteiger partial charge on any atom is 0.308 e. The van der Waals surface area contributed by atoms with E-state index < -0.39 is 17.7 Å². The number of halogens is 2. The quantitative estimate of drug-likeness (QED) is 0.705. The fourth-order valence-corrected chi connectivity index (χ4v) is 3.49. The van der Waals surface area contributed by atoms with Crippen LogP contribution in [0.15, 0.2) is 39.5 Å². The van der Waals surface area contributed by atoms with E-state index in [4.69, 9.17) is 21.1 Å². The van der Waals surface area contributed by atoms with Crippen LogP contribution in [-0.4, -0.2) is 24.2 Å². The first-order valence-corrected chi connectivity index (χ1v) is 8.16. The third-order valence-electron chi connectivity index (χ3n) is 4.60. The van der Waals surface area contributed by atoms with Crippen molar-refractivity contribution in [2.24, 2.45) is 5.92 Å². The number of anilines is 1. The summed E-state index contributed by atoms with van der Waals surface area (Å²) >= 11 is 6.10. The number of carboxylic acid groups (broad SMARTS) is 1. The standard InChI is InChI=1S/C18H13ClFNO4/c19-12-3-1-2-10-16(22)11-6-13(20)14(7-15(11)25-17(10)12)21-5-4-9(8-21)18(23)24/h1-3,6-7,9H,4-5,8H2,(H,23,24). The molecule has 1 atom stereocenters. The highest BCUT2D eigenvalue weighted by atomic mass is 35.5. The minimum Gasteiger partial charge on any atom is -0.481 e. The van der Waals surface area contributed by atoms with Crippen LogP contribution in [0.5, 0.6) is 0 Å². The Morgan fingerprint density at radius 1 is 1.32 bits per heavy atom. The van der Waals surface area contributed by atoms with Crippen molar-refractivity contribution in [3.63, 3.8) is 0 Å². The van der Waals surface area contributed by atoms with E-state index in [0.717, 1.165) is 6.07 Å². The van der Waals surface area contributed by atoms with E-state index in [2.05, 4.69) is 0 Å². The first-order chi connectivity index (χ1) is 12.0. The summed E-state index contributed by atoms with van der Waals surface area (Å²) < 4.78 is 20.3. The lowest BCUT2D eigenvalue weighted by molar-refractivity contribution is -0.140. The Kier molecular flexibility index (Phi) is 3.65. The molecule has 7 heteroatoms. The molecular formula is C18H13ClFNO4. The number of nitrogens with zero attached hydrogens (tertiary/aromatic N) is 1. The molecule has 0 amide bonds. The van der Waals surface area contributed by atoms with Gasteiger partial charge in [0.1, 0.15) is 11.4 Å². The number of hydrogen-bond donors (Lipinski definition) is 1. The number of carboxylic acids is 1. The van der Waals surface area contributed by atoms with Crippen molar-refractivity contribution >= 4 is 45.2 Å². The molecule has 1 aromatic heterocycles. The van der Waals surface area contributed by atoms with Crippen molar-refractivity contribution in [1.29, 1.82) is 0 Å². The predicted octanol–water partition coefficient (Wildman–Crippen LogP) is 3.65. The number of hydrogen-bond acceptors (Lipinski definition) is 4. The normalized spacial score (nSPS) is 17.5. The lowest BCUT2D eigenvalue weighted by Crippen LogP contribution is -2.23. The summed E-state index contributed by atoms with van der Waals surface area (Å²) in [5, 5.41) is 9.83. The van der Waals surface area contributed by atoms with E-state index in [9.17, 15) is 14.0 Å². The molecular weight excluding hydrogens is 349 g/mol. The second-order valence-electron chi connectivity index (χ2n) is 6.12. The van der Waals surface area contributed by atoms with Crippen LogP contribution in [0.1, 0.15) is 6.42 Å².